The lowest BCUT2D eigenvalue weighted by Crippen LogP contribution is -2.44. The molecule has 0 spiro atoms. The number of hydrogen-bond donors (Lipinski definition) is 3. The van der Waals surface area contributed by atoms with Crippen LogP contribution in [0.5, 0.6) is 0 Å². The van der Waals surface area contributed by atoms with Crippen LogP contribution in [-0.2, 0) is 9.53 Å². The number of methoxy groups -OCH3 is 1. The number of primary amides is 1. The number of carbonyl (C=O) groups excluding carboxylic acids is 3. The number of fused-ring (bicyclic) bond motifs is 1. The first-order valence-corrected chi connectivity index (χ1v) is 13.1. The van der Waals surface area contributed by atoms with Gasteiger partial charge in [0.1, 0.15) is 10.9 Å². The molecule has 10 nitrogen and oxygen atoms in total. The molecule has 3 amide bonds. The average Bonchev–Trinajstić information content (AvgIpc) is 3.32. The minimum Gasteiger partial charge on any atom is -0.395 e. The van der Waals surface area contributed by atoms with E-state index < -0.39 is 23.8 Å². The zero-order chi connectivity index (χ0) is 28.1. The predicted molar refractivity (Wildman–Crippen MR) is 152 cm³/mol. The van der Waals surface area contributed by atoms with Crippen LogP contribution in [0.25, 0.3) is 10.9 Å². The molecular formula is C28H30N6O4S. The number of rotatable bonds is 10. The van der Waals surface area contributed by atoms with Crippen molar-refractivity contribution in [3.63, 3.8) is 0 Å². The molecule has 202 valence electrons. The quantitative estimate of drug-likeness (QED) is 0.257. The van der Waals surface area contributed by atoms with Crippen molar-refractivity contribution in [2.45, 2.75) is 25.8 Å². The minimum absolute atomic E-state index is 0.00823. The van der Waals surface area contributed by atoms with Crippen LogP contribution in [0.1, 0.15) is 57.1 Å². The molecule has 11 heteroatoms. The first kappa shape index (κ1) is 27.7. The first-order valence-electron chi connectivity index (χ1n) is 12.3. The van der Waals surface area contributed by atoms with Gasteiger partial charge in [0.2, 0.25) is 5.91 Å². The molecule has 0 aliphatic carbocycles. The SMILES string of the molecule is COCCNC(=O)[C@H](c1ccc2ncccc2c1)N(C(=O)c1snc(C(N)=O)c1N)c1ccc(C(C)C)cc1. The van der Waals surface area contributed by atoms with Gasteiger partial charge in [-0.3, -0.25) is 24.3 Å². The van der Waals surface area contributed by atoms with Crippen molar-refractivity contribution in [1.29, 1.82) is 0 Å². The normalized spacial score (nSPS) is 11.9. The number of benzene rings is 2. The third kappa shape index (κ3) is 5.89. The Hall–Kier alpha value is -4.35. The summed E-state index contributed by atoms with van der Waals surface area (Å²) in [6.07, 6.45) is 1.69. The van der Waals surface area contributed by atoms with Gasteiger partial charge in [0, 0.05) is 30.9 Å². The Morgan fingerprint density at radius 3 is 2.44 bits per heavy atom. The number of ether oxygens (including phenoxy) is 1. The third-order valence-corrected chi connectivity index (χ3v) is 7.12. The summed E-state index contributed by atoms with van der Waals surface area (Å²) < 4.78 is 9.10. The number of nitrogens with two attached hydrogens (primary N) is 2. The van der Waals surface area contributed by atoms with Crippen molar-refractivity contribution < 1.29 is 19.1 Å². The summed E-state index contributed by atoms with van der Waals surface area (Å²) in [4.78, 5) is 45.5. The summed E-state index contributed by atoms with van der Waals surface area (Å²) in [5, 5.41) is 3.67. The highest BCUT2D eigenvalue weighted by atomic mass is 32.1. The van der Waals surface area contributed by atoms with Gasteiger partial charge >= 0.3 is 0 Å². The monoisotopic (exact) mass is 546 g/mol. The van der Waals surface area contributed by atoms with E-state index in [-0.39, 0.29) is 28.7 Å². The molecule has 0 saturated carbocycles. The highest BCUT2D eigenvalue weighted by Gasteiger charge is 2.36. The zero-order valence-electron chi connectivity index (χ0n) is 21.9. The van der Waals surface area contributed by atoms with Crippen LogP contribution in [0.15, 0.2) is 60.8 Å². The smallest absolute Gasteiger partial charge is 0.273 e. The fraction of sp³-hybridized carbons (Fsp3) is 0.250. The summed E-state index contributed by atoms with van der Waals surface area (Å²) in [7, 11) is 1.54. The second-order valence-electron chi connectivity index (χ2n) is 9.20. The Morgan fingerprint density at radius 1 is 1.08 bits per heavy atom. The van der Waals surface area contributed by atoms with Crippen LogP contribution >= 0.6 is 11.5 Å². The van der Waals surface area contributed by atoms with Crippen molar-refractivity contribution in [1.82, 2.24) is 14.7 Å². The lowest BCUT2D eigenvalue weighted by atomic mass is 9.99. The lowest BCUT2D eigenvalue weighted by Gasteiger charge is -2.31. The second kappa shape index (κ2) is 12.0. The third-order valence-electron chi connectivity index (χ3n) is 6.27. The summed E-state index contributed by atoms with van der Waals surface area (Å²) in [5.74, 6) is -1.59. The first-order chi connectivity index (χ1) is 18.7. The number of nitrogen functional groups attached to an aromatic ring is 1. The van der Waals surface area contributed by atoms with E-state index in [1.807, 2.05) is 24.3 Å². The molecule has 5 N–H and O–H groups in total. The van der Waals surface area contributed by atoms with Gasteiger partial charge in [-0.1, -0.05) is 38.1 Å². The number of nitrogens with zero attached hydrogens (tertiary/aromatic N) is 3. The number of pyridine rings is 1. The van der Waals surface area contributed by atoms with Gasteiger partial charge in [0.15, 0.2) is 5.69 Å². The average molecular weight is 547 g/mol. The van der Waals surface area contributed by atoms with Gasteiger partial charge in [-0.05, 0) is 58.9 Å². The maximum Gasteiger partial charge on any atom is 0.273 e. The van der Waals surface area contributed by atoms with Gasteiger partial charge in [-0.25, -0.2) is 0 Å². The van der Waals surface area contributed by atoms with Crippen LogP contribution in [0.2, 0.25) is 0 Å². The fourth-order valence-electron chi connectivity index (χ4n) is 4.20. The van der Waals surface area contributed by atoms with Crippen molar-refractivity contribution >= 4 is 51.5 Å². The molecule has 4 rings (SSSR count). The summed E-state index contributed by atoms with van der Waals surface area (Å²) >= 11 is 0.763. The Labute approximate surface area is 230 Å². The number of amides is 3. The zero-order valence-corrected chi connectivity index (χ0v) is 22.7. The topological polar surface area (TPSA) is 154 Å². The Balaban J connectivity index is 1.90. The molecule has 0 aliphatic rings. The molecule has 2 heterocycles. The van der Waals surface area contributed by atoms with E-state index in [2.05, 4.69) is 28.5 Å². The molecule has 0 radical (unpaired) electrons. The molecule has 4 aromatic rings. The van der Waals surface area contributed by atoms with Gasteiger partial charge in [0.25, 0.3) is 11.8 Å². The molecule has 0 bridgehead atoms. The van der Waals surface area contributed by atoms with Gasteiger partial charge in [-0.15, -0.1) is 0 Å². The predicted octanol–water partition coefficient (Wildman–Crippen LogP) is 3.65. The Morgan fingerprint density at radius 2 is 1.79 bits per heavy atom. The number of hydrogen-bond acceptors (Lipinski definition) is 8. The van der Waals surface area contributed by atoms with Gasteiger partial charge < -0.3 is 21.5 Å². The highest BCUT2D eigenvalue weighted by molar-refractivity contribution is 7.09. The lowest BCUT2D eigenvalue weighted by molar-refractivity contribution is -0.122. The van der Waals surface area contributed by atoms with Crippen LogP contribution < -0.4 is 21.7 Å². The van der Waals surface area contributed by atoms with Crippen LogP contribution in [0.4, 0.5) is 11.4 Å². The molecule has 2 aromatic heterocycles. The van der Waals surface area contributed by atoms with E-state index in [1.54, 1.807) is 36.5 Å². The van der Waals surface area contributed by atoms with E-state index in [1.165, 1.54) is 12.0 Å². The number of carbonyl (C=O) groups is 3. The maximum absolute atomic E-state index is 14.2. The number of nitrogens with one attached hydrogen (secondary N) is 1. The van der Waals surface area contributed by atoms with Crippen LogP contribution in [-0.4, -0.2) is 47.3 Å². The molecule has 2 aromatic carbocycles. The van der Waals surface area contributed by atoms with E-state index in [4.69, 9.17) is 16.2 Å². The van der Waals surface area contributed by atoms with E-state index in [9.17, 15) is 14.4 Å². The van der Waals surface area contributed by atoms with E-state index in [0.717, 1.165) is 28.0 Å². The molecule has 39 heavy (non-hydrogen) atoms. The van der Waals surface area contributed by atoms with Crippen molar-refractivity contribution in [2.75, 3.05) is 30.9 Å². The molecule has 0 fully saturated rings. The van der Waals surface area contributed by atoms with E-state index in [0.29, 0.717) is 17.9 Å². The van der Waals surface area contributed by atoms with Crippen molar-refractivity contribution in [3.8, 4) is 0 Å². The Kier molecular flexibility index (Phi) is 8.52. The fourth-order valence-corrected chi connectivity index (χ4v) is 4.94. The largest absolute Gasteiger partial charge is 0.395 e. The summed E-state index contributed by atoms with van der Waals surface area (Å²) in [6, 6.07) is 15.4. The highest BCUT2D eigenvalue weighted by Crippen LogP contribution is 2.34. The molecule has 0 unspecified atom stereocenters. The summed E-state index contributed by atoms with van der Waals surface area (Å²) in [5.41, 5.74) is 14.1. The molecular weight excluding hydrogens is 516 g/mol. The van der Waals surface area contributed by atoms with E-state index >= 15 is 0 Å². The van der Waals surface area contributed by atoms with Gasteiger partial charge in [-0.2, -0.15) is 4.37 Å². The molecule has 0 saturated heterocycles. The summed E-state index contributed by atoms with van der Waals surface area (Å²) in [6.45, 7) is 4.66. The van der Waals surface area contributed by atoms with Crippen molar-refractivity contribution in [2.24, 2.45) is 5.73 Å². The van der Waals surface area contributed by atoms with Gasteiger partial charge in [0.05, 0.1) is 17.8 Å². The minimum atomic E-state index is -1.10. The molecule has 1 atom stereocenters. The van der Waals surface area contributed by atoms with Crippen molar-refractivity contribution in [3.05, 3.63) is 82.5 Å². The second-order valence-corrected chi connectivity index (χ2v) is 9.97. The van der Waals surface area contributed by atoms with Crippen LogP contribution in [0.3, 0.4) is 0 Å². The maximum atomic E-state index is 14.2. The number of anilines is 2. The standard InChI is InChI=1S/C28H30N6O4S/c1-16(2)17-6-9-20(10-7-17)34(28(37)25-22(29)23(26(30)35)33-39-25)24(27(36)32-13-14-38-3)19-8-11-21-18(15-19)5-4-12-31-21/h4-12,15-16,24H,13-14,29H2,1-3H3,(H2,30,35)(H,32,36)/t24-/m0/s1. The molecule has 0 aliphatic heterocycles. The number of aromatic nitrogens is 2. The van der Waals surface area contributed by atoms with Crippen LogP contribution in [0, 0.1) is 0 Å². The Bertz CT molecular complexity index is 1500.